The molecule has 1 aliphatic heterocycles. The number of halogens is 3. The van der Waals surface area contributed by atoms with Crippen molar-refractivity contribution in [3.05, 3.63) is 105 Å². The molecule has 7 heteroatoms. The minimum absolute atomic E-state index is 0.192. The molecular weight excluding hydrogens is 483 g/mol. The van der Waals surface area contributed by atoms with Gasteiger partial charge in [0, 0.05) is 25.8 Å². The topological polar surface area (TPSA) is 42.7 Å². The molecule has 1 N–H and O–H groups in total. The van der Waals surface area contributed by atoms with E-state index in [1.54, 1.807) is 0 Å². The van der Waals surface area contributed by atoms with Gasteiger partial charge in [0.2, 0.25) is 5.95 Å². The minimum Gasteiger partial charge on any atom is -0.324 e. The molecule has 0 saturated carbocycles. The monoisotopic (exact) mass is 496 g/mol. The van der Waals surface area contributed by atoms with Crippen LogP contribution in [0.3, 0.4) is 0 Å². The molecule has 4 aromatic rings. The van der Waals surface area contributed by atoms with Crippen LogP contribution in [0.1, 0.15) is 17.2 Å². The Balaban J connectivity index is 1.64. The zero-order chi connectivity index (χ0) is 20.7. The van der Waals surface area contributed by atoms with Crippen LogP contribution in [0.4, 0.5) is 5.95 Å². The molecule has 30 heavy (non-hydrogen) atoms. The SMILES string of the molecule is Clc1ccc(-c2nc3n(n2)[C@@H](c2ccccc2Cl)C=C(c2ccc(Br)cc2)N3)cc1. The van der Waals surface area contributed by atoms with Crippen LogP contribution in [0.15, 0.2) is 83.3 Å². The predicted octanol–water partition coefficient (Wildman–Crippen LogP) is 7.07. The van der Waals surface area contributed by atoms with Crippen molar-refractivity contribution in [2.45, 2.75) is 6.04 Å². The van der Waals surface area contributed by atoms with Crippen LogP contribution in [-0.4, -0.2) is 14.8 Å². The van der Waals surface area contributed by atoms with Gasteiger partial charge in [-0.05, 0) is 59.7 Å². The smallest absolute Gasteiger partial charge is 0.227 e. The number of anilines is 1. The lowest BCUT2D eigenvalue weighted by atomic mass is 10.0. The van der Waals surface area contributed by atoms with Gasteiger partial charge < -0.3 is 5.32 Å². The van der Waals surface area contributed by atoms with Gasteiger partial charge in [0.15, 0.2) is 5.82 Å². The fourth-order valence-corrected chi connectivity index (χ4v) is 4.09. The summed E-state index contributed by atoms with van der Waals surface area (Å²) in [6, 6.07) is 23.3. The number of allylic oxidation sites excluding steroid dienone is 1. The molecular formula is C23H15BrCl2N4. The van der Waals surface area contributed by atoms with Gasteiger partial charge >= 0.3 is 0 Å². The normalized spacial score (nSPS) is 15.3. The first kappa shape index (κ1) is 19.4. The van der Waals surface area contributed by atoms with Crippen LogP contribution in [0.5, 0.6) is 0 Å². The van der Waals surface area contributed by atoms with E-state index >= 15 is 0 Å². The number of nitrogens with one attached hydrogen (secondary N) is 1. The van der Waals surface area contributed by atoms with Crippen LogP contribution in [0, 0.1) is 0 Å². The quantitative estimate of drug-likeness (QED) is 0.329. The highest BCUT2D eigenvalue weighted by Gasteiger charge is 2.27. The van der Waals surface area contributed by atoms with Crippen molar-refractivity contribution < 1.29 is 0 Å². The first-order valence-electron chi connectivity index (χ1n) is 9.30. The van der Waals surface area contributed by atoms with E-state index in [0.717, 1.165) is 26.9 Å². The molecule has 148 valence electrons. The van der Waals surface area contributed by atoms with E-state index in [-0.39, 0.29) is 6.04 Å². The Morgan fingerprint density at radius 3 is 2.30 bits per heavy atom. The molecule has 0 radical (unpaired) electrons. The largest absolute Gasteiger partial charge is 0.324 e. The molecule has 3 aromatic carbocycles. The van der Waals surface area contributed by atoms with Crippen molar-refractivity contribution in [2.24, 2.45) is 0 Å². The minimum atomic E-state index is -0.192. The van der Waals surface area contributed by atoms with Crippen molar-refractivity contribution in [3.63, 3.8) is 0 Å². The maximum absolute atomic E-state index is 6.55. The second-order valence-electron chi connectivity index (χ2n) is 6.89. The summed E-state index contributed by atoms with van der Waals surface area (Å²) in [7, 11) is 0. The Morgan fingerprint density at radius 2 is 1.57 bits per heavy atom. The number of rotatable bonds is 3. The van der Waals surface area contributed by atoms with Crippen molar-refractivity contribution in [2.75, 3.05) is 5.32 Å². The average Bonchev–Trinajstić information content (AvgIpc) is 3.19. The predicted molar refractivity (Wildman–Crippen MR) is 126 cm³/mol. The summed E-state index contributed by atoms with van der Waals surface area (Å²) in [5, 5.41) is 9.56. The number of hydrogen-bond acceptors (Lipinski definition) is 3. The summed E-state index contributed by atoms with van der Waals surface area (Å²) in [6.45, 7) is 0. The molecule has 0 saturated heterocycles. The molecule has 5 rings (SSSR count). The lowest BCUT2D eigenvalue weighted by Gasteiger charge is -2.25. The Labute approximate surface area is 192 Å². The molecule has 0 bridgehead atoms. The van der Waals surface area contributed by atoms with Gasteiger partial charge in [-0.2, -0.15) is 4.98 Å². The summed E-state index contributed by atoms with van der Waals surface area (Å²) in [5.41, 5.74) is 3.86. The van der Waals surface area contributed by atoms with Crippen molar-refractivity contribution in [1.29, 1.82) is 0 Å². The lowest BCUT2D eigenvalue weighted by Crippen LogP contribution is -2.20. The van der Waals surface area contributed by atoms with E-state index in [9.17, 15) is 0 Å². The average molecular weight is 498 g/mol. The van der Waals surface area contributed by atoms with Gasteiger partial charge in [-0.1, -0.05) is 69.5 Å². The van der Waals surface area contributed by atoms with E-state index in [1.807, 2.05) is 65.3 Å². The van der Waals surface area contributed by atoms with Crippen molar-refractivity contribution in [1.82, 2.24) is 14.8 Å². The van der Waals surface area contributed by atoms with Crippen LogP contribution in [0.25, 0.3) is 17.1 Å². The highest BCUT2D eigenvalue weighted by Crippen LogP contribution is 2.36. The number of aromatic nitrogens is 3. The second-order valence-corrected chi connectivity index (χ2v) is 8.65. The summed E-state index contributed by atoms with van der Waals surface area (Å²) in [4.78, 5) is 4.75. The third-order valence-electron chi connectivity index (χ3n) is 4.95. The summed E-state index contributed by atoms with van der Waals surface area (Å²) >= 11 is 16.1. The summed E-state index contributed by atoms with van der Waals surface area (Å²) in [5.74, 6) is 1.28. The van der Waals surface area contributed by atoms with Crippen LogP contribution in [0.2, 0.25) is 10.0 Å². The third kappa shape index (κ3) is 3.65. The first-order valence-corrected chi connectivity index (χ1v) is 10.8. The highest BCUT2D eigenvalue weighted by molar-refractivity contribution is 9.10. The van der Waals surface area contributed by atoms with Gasteiger partial charge in [0.25, 0.3) is 0 Å². The zero-order valence-corrected chi connectivity index (χ0v) is 18.7. The van der Waals surface area contributed by atoms with Gasteiger partial charge in [0.1, 0.15) is 6.04 Å². The Morgan fingerprint density at radius 1 is 0.867 bits per heavy atom. The standard InChI is InChI=1S/C23H15BrCl2N4/c24-16-9-5-14(6-10-16)20-13-21(18-3-1-2-4-19(18)26)30-23(27-20)28-22(29-30)15-7-11-17(25)12-8-15/h1-13,21H,(H,27,28,29)/t21-/m1/s1. The van der Waals surface area contributed by atoms with Gasteiger partial charge in [-0.3, -0.25) is 0 Å². The van der Waals surface area contributed by atoms with Crippen LogP contribution in [-0.2, 0) is 0 Å². The molecule has 0 fully saturated rings. The van der Waals surface area contributed by atoms with Gasteiger partial charge in [0.05, 0.1) is 0 Å². The molecule has 1 atom stereocenters. The van der Waals surface area contributed by atoms with E-state index < -0.39 is 0 Å². The number of nitrogens with zero attached hydrogens (tertiary/aromatic N) is 3. The van der Waals surface area contributed by atoms with E-state index in [0.29, 0.717) is 21.8 Å². The molecule has 4 nitrogen and oxygen atoms in total. The fraction of sp³-hybridized carbons (Fsp3) is 0.0435. The molecule has 0 unspecified atom stereocenters. The van der Waals surface area contributed by atoms with Gasteiger partial charge in [-0.15, -0.1) is 5.10 Å². The Kier molecular flexibility index (Phi) is 5.11. The summed E-state index contributed by atoms with van der Waals surface area (Å²) in [6.07, 6.45) is 2.12. The molecule has 1 aliphatic rings. The van der Waals surface area contributed by atoms with Crippen LogP contribution < -0.4 is 5.32 Å². The third-order valence-corrected chi connectivity index (χ3v) is 6.07. The van der Waals surface area contributed by atoms with E-state index in [4.69, 9.17) is 33.3 Å². The second kappa shape index (κ2) is 7.91. The van der Waals surface area contributed by atoms with E-state index in [2.05, 4.69) is 39.5 Å². The van der Waals surface area contributed by atoms with Crippen molar-refractivity contribution >= 4 is 50.8 Å². The van der Waals surface area contributed by atoms with Crippen LogP contribution >= 0.6 is 39.1 Å². The summed E-state index contributed by atoms with van der Waals surface area (Å²) < 4.78 is 2.89. The number of fused-ring (bicyclic) bond motifs is 1. The first-order chi connectivity index (χ1) is 14.6. The zero-order valence-electron chi connectivity index (χ0n) is 15.6. The number of benzene rings is 3. The lowest BCUT2D eigenvalue weighted by molar-refractivity contribution is 0.613. The molecule has 0 amide bonds. The molecule has 0 spiro atoms. The highest BCUT2D eigenvalue weighted by atomic mass is 79.9. The Hall–Kier alpha value is -2.60. The van der Waals surface area contributed by atoms with E-state index in [1.165, 1.54) is 0 Å². The number of hydrogen-bond donors (Lipinski definition) is 1. The Bertz CT molecular complexity index is 1250. The van der Waals surface area contributed by atoms with Gasteiger partial charge in [-0.25, -0.2) is 4.68 Å². The fourth-order valence-electron chi connectivity index (χ4n) is 3.45. The molecule has 0 aliphatic carbocycles. The maximum atomic E-state index is 6.55. The maximum Gasteiger partial charge on any atom is 0.227 e. The molecule has 2 heterocycles. The van der Waals surface area contributed by atoms with Crippen molar-refractivity contribution in [3.8, 4) is 11.4 Å². The molecule has 1 aromatic heterocycles.